The highest BCUT2D eigenvalue weighted by Gasteiger charge is 2.15. The van der Waals surface area contributed by atoms with Crippen molar-refractivity contribution in [1.29, 1.82) is 0 Å². The molecule has 0 radical (unpaired) electrons. The minimum Gasteiger partial charge on any atom is -0.448 e. The van der Waals surface area contributed by atoms with Crippen LogP contribution in [0, 0.1) is 0 Å². The lowest BCUT2D eigenvalue weighted by atomic mass is 10.2. The van der Waals surface area contributed by atoms with E-state index in [1.165, 1.54) is 37.3 Å². The minimum atomic E-state index is -3.66. The molecule has 1 aromatic heterocycles. The van der Waals surface area contributed by atoms with E-state index >= 15 is 0 Å². The van der Waals surface area contributed by atoms with Gasteiger partial charge in [-0.2, -0.15) is 0 Å². The number of furan rings is 1. The molecule has 0 aliphatic carbocycles. The van der Waals surface area contributed by atoms with E-state index in [0.717, 1.165) is 0 Å². The lowest BCUT2D eigenvalue weighted by Gasteiger charge is -2.05. The van der Waals surface area contributed by atoms with Gasteiger partial charge in [-0.05, 0) is 42.8 Å². The number of benzene rings is 1. The van der Waals surface area contributed by atoms with Crippen LogP contribution in [0.25, 0.3) is 0 Å². The lowest BCUT2D eigenvalue weighted by molar-refractivity contribution is 0.101. The molecular formula is C13H12ClNO4S. The second-order valence-electron chi connectivity index (χ2n) is 4.11. The summed E-state index contributed by atoms with van der Waals surface area (Å²) in [6.45, 7) is 1.42. The number of halogens is 1. The zero-order valence-corrected chi connectivity index (χ0v) is 12.2. The van der Waals surface area contributed by atoms with E-state index in [0.29, 0.717) is 11.3 Å². The summed E-state index contributed by atoms with van der Waals surface area (Å²) < 4.78 is 31.5. The Morgan fingerprint density at radius 2 is 1.85 bits per heavy atom. The van der Waals surface area contributed by atoms with Crippen LogP contribution in [0.15, 0.2) is 45.7 Å². The van der Waals surface area contributed by atoms with Gasteiger partial charge in [-0.1, -0.05) is 12.1 Å². The Hall–Kier alpha value is -1.63. The molecule has 0 aliphatic rings. The van der Waals surface area contributed by atoms with E-state index in [4.69, 9.17) is 16.0 Å². The molecule has 0 saturated heterocycles. The summed E-state index contributed by atoms with van der Waals surface area (Å²) in [6.07, 6.45) is 0. The number of Topliss-reactive ketones (excluding diaryl/α,β-unsaturated/α-hetero) is 1. The topological polar surface area (TPSA) is 76.4 Å². The van der Waals surface area contributed by atoms with Gasteiger partial charge in [-0.3, -0.25) is 4.79 Å². The predicted octanol–water partition coefficient (Wildman–Crippen LogP) is 2.61. The van der Waals surface area contributed by atoms with E-state index in [2.05, 4.69) is 4.72 Å². The molecule has 0 amide bonds. The van der Waals surface area contributed by atoms with Crippen LogP contribution in [0.4, 0.5) is 0 Å². The fourth-order valence-electron chi connectivity index (χ4n) is 1.57. The van der Waals surface area contributed by atoms with Crippen LogP contribution in [0.1, 0.15) is 23.0 Å². The van der Waals surface area contributed by atoms with E-state index in [-0.39, 0.29) is 22.4 Å². The fraction of sp³-hybridized carbons (Fsp3) is 0.154. The second kappa shape index (κ2) is 5.78. The number of rotatable bonds is 5. The summed E-state index contributed by atoms with van der Waals surface area (Å²) in [6, 6.07) is 8.83. The Morgan fingerprint density at radius 3 is 2.35 bits per heavy atom. The SMILES string of the molecule is CC(=O)c1ccc(S(=O)(=O)NCc2ccc(Cl)o2)cc1. The molecule has 0 spiro atoms. The summed E-state index contributed by atoms with van der Waals surface area (Å²) >= 11 is 5.60. The minimum absolute atomic E-state index is 0.00349. The highest BCUT2D eigenvalue weighted by atomic mass is 35.5. The third-order valence-electron chi connectivity index (χ3n) is 2.64. The molecule has 0 unspecified atom stereocenters. The third-order valence-corrected chi connectivity index (χ3v) is 4.26. The Labute approximate surface area is 121 Å². The molecule has 0 aliphatic heterocycles. The largest absolute Gasteiger partial charge is 0.448 e. The van der Waals surface area contributed by atoms with Crippen molar-refractivity contribution < 1.29 is 17.6 Å². The first kappa shape index (κ1) is 14.8. The average Bonchev–Trinajstić information content (AvgIpc) is 2.82. The quantitative estimate of drug-likeness (QED) is 0.861. The van der Waals surface area contributed by atoms with Gasteiger partial charge in [0.25, 0.3) is 0 Å². The average molecular weight is 314 g/mol. The molecular weight excluding hydrogens is 302 g/mol. The van der Waals surface area contributed by atoms with Crippen molar-refractivity contribution in [2.24, 2.45) is 0 Å². The molecule has 7 heteroatoms. The maximum absolute atomic E-state index is 12.0. The van der Waals surface area contributed by atoms with Gasteiger partial charge in [0.1, 0.15) is 5.76 Å². The van der Waals surface area contributed by atoms with Crippen LogP contribution in [0.3, 0.4) is 0 Å². The number of carbonyl (C=O) groups excluding carboxylic acids is 1. The van der Waals surface area contributed by atoms with E-state index in [1.807, 2.05) is 0 Å². The maximum Gasteiger partial charge on any atom is 0.240 e. The van der Waals surface area contributed by atoms with Crippen LogP contribution >= 0.6 is 11.6 Å². The van der Waals surface area contributed by atoms with Gasteiger partial charge in [0.05, 0.1) is 11.4 Å². The van der Waals surface area contributed by atoms with Gasteiger partial charge in [0.15, 0.2) is 11.0 Å². The van der Waals surface area contributed by atoms with Gasteiger partial charge in [-0.25, -0.2) is 13.1 Å². The maximum atomic E-state index is 12.0. The predicted molar refractivity (Wildman–Crippen MR) is 74.2 cm³/mol. The summed E-state index contributed by atoms with van der Waals surface area (Å²) in [5, 5.41) is 0.199. The molecule has 0 bridgehead atoms. The van der Waals surface area contributed by atoms with E-state index in [1.54, 1.807) is 6.07 Å². The molecule has 0 fully saturated rings. The highest BCUT2D eigenvalue weighted by molar-refractivity contribution is 7.89. The lowest BCUT2D eigenvalue weighted by Crippen LogP contribution is -2.23. The van der Waals surface area contributed by atoms with Gasteiger partial charge in [0.2, 0.25) is 10.0 Å². The molecule has 2 aromatic rings. The van der Waals surface area contributed by atoms with Crippen molar-refractivity contribution in [1.82, 2.24) is 4.72 Å². The molecule has 2 rings (SSSR count). The number of hydrogen-bond donors (Lipinski definition) is 1. The van der Waals surface area contributed by atoms with Gasteiger partial charge in [-0.15, -0.1) is 0 Å². The van der Waals surface area contributed by atoms with Crippen molar-refractivity contribution in [3.05, 3.63) is 52.9 Å². The van der Waals surface area contributed by atoms with Crippen LogP contribution in [-0.2, 0) is 16.6 Å². The first-order valence-corrected chi connectivity index (χ1v) is 7.59. The van der Waals surface area contributed by atoms with Gasteiger partial charge < -0.3 is 4.42 Å². The standard InChI is InChI=1S/C13H12ClNO4S/c1-9(16)10-2-5-12(6-3-10)20(17,18)15-8-11-4-7-13(14)19-11/h2-7,15H,8H2,1H3. The first-order valence-electron chi connectivity index (χ1n) is 5.73. The van der Waals surface area contributed by atoms with Crippen molar-refractivity contribution in [2.75, 3.05) is 0 Å². The molecule has 0 saturated carbocycles. The Kier molecular flexibility index (Phi) is 4.27. The number of nitrogens with one attached hydrogen (secondary N) is 1. The Morgan fingerprint density at radius 1 is 1.20 bits per heavy atom. The van der Waals surface area contributed by atoms with E-state index < -0.39 is 10.0 Å². The first-order chi connectivity index (χ1) is 9.38. The highest BCUT2D eigenvalue weighted by Crippen LogP contribution is 2.15. The summed E-state index contributed by atoms with van der Waals surface area (Å²) in [5.74, 6) is 0.297. The molecule has 5 nitrogen and oxygen atoms in total. The molecule has 1 aromatic carbocycles. The smallest absolute Gasteiger partial charge is 0.240 e. The second-order valence-corrected chi connectivity index (χ2v) is 6.25. The summed E-state index contributed by atoms with van der Waals surface area (Å²) in [7, 11) is -3.66. The molecule has 0 atom stereocenters. The summed E-state index contributed by atoms with van der Waals surface area (Å²) in [4.78, 5) is 11.2. The monoisotopic (exact) mass is 313 g/mol. The van der Waals surface area contributed by atoms with Crippen molar-refractivity contribution in [2.45, 2.75) is 18.4 Å². The fourth-order valence-corrected chi connectivity index (χ4v) is 2.72. The van der Waals surface area contributed by atoms with Crippen LogP contribution in [0.2, 0.25) is 5.22 Å². The molecule has 20 heavy (non-hydrogen) atoms. The number of sulfonamides is 1. The van der Waals surface area contributed by atoms with Crippen molar-refractivity contribution in [3.63, 3.8) is 0 Å². The molecule has 1 N–H and O–H groups in total. The van der Waals surface area contributed by atoms with E-state index in [9.17, 15) is 13.2 Å². The van der Waals surface area contributed by atoms with Crippen LogP contribution in [0.5, 0.6) is 0 Å². The van der Waals surface area contributed by atoms with Gasteiger partial charge in [0, 0.05) is 5.56 Å². The summed E-state index contributed by atoms with van der Waals surface area (Å²) in [5.41, 5.74) is 0.460. The van der Waals surface area contributed by atoms with Crippen LogP contribution in [-0.4, -0.2) is 14.2 Å². The number of carbonyl (C=O) groups is 1. The third kappa shape index (κ3) is 3.47. The zero-order valence-electron chi connectivity index (χ0n) is 10.6. The van der Waals surface area contributed by atoms with Crippen molar-refractivity contribution >= 4 is 27.4 Å². The molecule has 106 valence electrons. The molecule has 1 heterocycles. The van der Waals surface area contributed by atoms with Crippen LogP contribution < -0.4 is 4.72 Å². The van der Waals surface area contributed by atoms with Gasteiger partial charge >= 0.3 is 0 Å². The Balaban J connectivity index is 2.11. The zero-order chi connectivity index (χ0) is 14.8. The number of hydrogen-bond acceptors (Lipinski definition) is 4. The normalized spacial score (nSPS) is 11.5. The van der Waals surface area contributed by atoms with Crippen molar-refractivity contribution in [3.8, 4) is 0 Å². The Bertz CT molecular complexity index is 719. The number of ketones is 1.